The maximum Gasteiger partial charge on any atom is 0.254 e. The third kappa shape index (κ3) is 3.48. The van der Waals surface area contributed by atoms with Crippen molar-refractivity contribution >= 4 is 11.8 Å². The van der Waals surface area contributed by atoms with Crippen LogP contribution in [0.5, 0.6) is 0 Å². The molecule has 0 atom stereocenters. The van der Waals surface area contributed by atoms with Gasteiger partial charge in [0.05, 0.1) is 24.5 Å². The number of aromatic nitrogens is 2. The van der Waals surface area contributed by atoms with Crippen molar-refractivity contribution in [3.63, 3.8) is 0 Å². The molecule has 1 aliphatic heterocycles. The normalized spacial score (nSPS) is 16.6. The second kappa shape index (κ2) is 7.18. The van der Waals surface area contributed by atoms with Gasteiger partial charge in [0, 0.05) is 31.5 Å². The topological polar surface area (TPSA) is 67.2 Å². The molecule has 2 aliphatic rings. The molecule has 6 nitrogen and oxygen atoms in total. The van der Waals surface area contributed by atoms with Crippen LogP contribution in [0.4, 0.5) is 0 Å². The number of nitrogens with zero attached hydrogens (tertiary/aromatic N) is 3. The number of hydrogen-bond acceptors (Lipinski definition) is 3. The second-order valence-corrected chi connectivity index (χ2v) is 7.67. The standard InChI is InChI=1S/C21H26N4O2/c1-14-6-8-16(9-7-14)21(27)25-11-10-17-18(13-25)24(2)19(23-17)12-22-20(26)15-4-3-5-15/h6-9,15H,3-5,10-13H2,1-2H3,(H,22,26). The number of amides is 2. The van der Waals surface area contributed by atoms with Gasteiger partial charge < -0.3 is 14.8 Å². The lowest BCUT2D eigenvalue weighted by molar-refractivity contribution is -0.127. The Morgan fingerprint density at radius 1 is 1.22 bits per heavy atom. The molecule has 4 rings (SSSR count). The third-order valence-corrected chi connectivity index (χ3v) is 5.83. The smallest absolute Gasteiger partial charge is 0.254 e. The van der Waals surface area contributed by atoms with Crippen molar-refractivity contribution in [2.24, 2.45) is 13.0 Å². The largest absolute Gasteiger partial charge is 0.349 e. The number of benzene rings is 1. The van der Waals surface area contributed by atoms with Gasteiger partial charge in [-0.25, -0.2) is 4.98 Å². The Morgan fingerprint density at radius 2 is 1.96 bits per heavy atom. The Bertz CT molecular complexity index is 865. The number of fused-ring (bicyclic) bond motifs is 1. The molecule has 2 amide bonds. The Kier molecular flexibility index (Phi) is 4.72. The molecular weight excluding hydrogens is 340 g/mol. The third-order valence-electron chi connectivity index (χ3n) is 5.83. The monoisotopic (exact) mass is 366 g/mol. The van der Waals surface area contributed by atoms with E-state index in [4.69, 9.17) is 4.98 Å². The minimum atomic E-state index is 0.0571. The zero-order chi connectivity index (χ0) is 19.0. The van der Waals surface area contributed by atoms with E-state index >= 15 is 0 Å². The molecule has 0 bridgehead atoms. The number of carbonyl (C=O) groups is 2. The first-order valence-corrected chi connectivity index (χ1v) is 9.70. The van der Waals surface area contributed by atoms with Gasteiger partial charge >= 0.3 is 0 Å². The van der Waals surface area contributed by atoms with E-state index in [1.54, 1.807) is 0 Å². The number of aryl methyl sites for hydroxylation is 1. The number of hydrogen-bond donors (Lipinski definition) is 1. The van der Waals surface area contributed by atoms with Crippen LogP contribution in [0.15, 0.2) is 24.3 Å². The van der Waals surface area contributed by atoms with Gasteiger partial charge in [-0.1, -0.05) is 24.1 Å². The molecule has 27 heavy (non-hydrogen) atoms. The Hall–Kier alpha value is -2.63. The first-order valence-electron chi connectivity index (χ1n) is 9.70. The molecule has 1 aliphatic carbocycles. The molecule has 0 unspecified atom stereocenters. The summed E-state index contributed by atoms with van der Waals surface area (Å²) < 4.78 is 2.03. The molecule has 6 heteroatoms. The minimum absolute atomic E-state index is 0.0571. The summed E-state index contributed by atoms with van der Waals surface area (Å²) in [5, 5.41) is 3.01. The van der Waals surface area contributed by atoms with Crippen LogP contribution in [0.3, 0.4) is 0 Å². The van der Waals surface area contributed by atoms with Crippen molar-refractivity contribution in [2.45, 2.75) is 45.7 Å². The van der Waals surface area contributed by atoms with E-state index in [-0.39, 0.29) is 17.7 Å². The Morgan fingerprint density at radius 3 is 2.63 bits per heavy atom. The summed E-state index contributed by atoms with van der Waals surface area (Å²) in [5.41, 5.74) is 3.97. The van der Waals surface area contributed by atoms with Crippen LogP contribution in [0.2, 0.25) is 0 Å². The highest BCUT2D eigenvalue weighted by molar-refractivity contribution is 5.94. The predicted octanol–water partition coefficient (Wildman–Crippen LogP) is 2.34. The van der Waals surface area contributed by atoms with Gasteiger partial charge in [0.1, 0.15) is 5.82 Å². The predicted molar refractivity (Wildman–Crippen MR) is 102 cm³/mol. The van der Waals surface area contributed by atoms with Gasteiger partial charge in [-0.3, -0.25) is 9.59 Å². The molecule has 1 fully saturated rings. The van der Waals surface area contributed by atoms with Crippen LogP contribution >= 0.6 is 0 Å². The van der Waals surface area contributed by atoms with E-state index in [1.807, 2.05) is 47.7 Å². The van der Waals surface area contributed by atoms with E-state index in [9.17, 15) is 9.59 Å². The summed E-state index contributed by atoms with van der Waals surface area (Å²) in [5.74, 6) is 1.24. The van der Waals surface area contributed by atoms with Crippen LogP contribution in [0.25, 0.3) is 0 Å². The maximum absolute atomic E-state index is 12.8. The Balaban J connectivity index is 1.44. The molecule has 0 radical (unpaired) electrons. The average molecular weight is 366 g/mol. The molecule has 0 saturated heterocycles. The molecular formula is C21H26N4O2. The fraction of sp³-hybridized carbons (Fsp3) is 0.476. The quantitative estimate of drug-likeness (QED) is 0.903. The summed E-state index contributed by atoms with van der Waals surface area (Å²) in [6.07, 6.45) is 3.90. The fourth-order valence-electron chi connectivity index (χ4n) is 3.73. The highest BCUT2D eigenvalue weighted by Crippen LogP contribution is 2.26. The first-order chi connectivity index (χ1) is 13.0. The van der Waals surface area contributed by atoms with Crippen LogP contribution in [0.1, 0.15) is 52.4 Å². The summed E-state index contributed by atoms with van der Waals surface area (Å²) in [4.78, 5) is 31.5. The summed E-state index contributed by atoms with van der Waals surface area (Å²) in [6.45, 7) is 3.69. The summed E-state index contributed by atoms with van der Waals surface area (Å²) in [6, 6.07) is 7.71. The van der Waals surface area contributed by atoms with E-state index in [0.29, 0.717) is 19.6 Å². The van der Waals surface area contributed by atoms with Crippen molar-refractivity contribution < 1.29 is 9.59 Å². The van der Waals surface area contributed by atoms with Gasteiger partial charge in [0.25, 0.3) is 5.91 Å². The SMILES string of the molecule is Cc1ccc(C(=O)N2CCc3nc(CNC(=O)C4CCC4)n(C)c3C2)cc1. The highest BCUT2D eigenvalue weighted by Gasteiger charge is 2.28. The van der Waals surface area contributed by atoms with Crippen molar-refractivity contribution in [3.8, 4) is 0 Å². The Labute approximate surface area is 159 Å². The number of imidazole rings is 1. The van der Waals surface area contributed by atoms with Crippen LogP contribution in [-0.4, -0.2) is 32.8 Å². The average Bonchev–Trinajstić information content (AvgIpc) is 2.94. The fourth-order valence-corrected chi connectivity index (χ4v) is 3.73. The lowest BCUT2D eigenvalue weighted by Gasteiger charge is -2.27. The van der Waals surface area contributed by atoms with E-state index < -0.39 is 0 Å². The van der Waals surface area contributed by atoms with Crippen LogP contribution in [0, 0.1) is 12.8 Å². The van der Waals surface area contributed by atoms with Gasteiger partial charge in [-0.15, -0.1) is 0 Å². The van der Waals surface area contributed by atoms with Gasteiger partial charge in [-0.2, -0.15) is 0 Å². The van der Waals surface area contributed by atoms with Crippen molar-refractivity contribution in [1.29, 1.82) is 0 Å². The zero-order valence-corrected chi connectivity index (χ0v) is 16.0. The van der Waals surface area contributed by atoms with E-state index in [2.05, 4.69) is 5.32 Å². The molecule has 2 heterocycles. The number of carbonyl (C=O) groups excluding carboxylic acids is 2. The van der Waals surface area contributed by atoms with Crippen LogP contribution in [-0.2, 0) is 31.4 Å². The molecule has 1 aromatic heterocycles. The highest BCUT2D eigenvalue weighted by atomic mass is 16.2. The van der Waals surface area contributed by atoms with Crippen LogP contribution < -0.4 is 5.32 Å². The lowest BCUT2D eigenvalue weighted by atomic mass is 9.85. The van der Waals surface area contributed by atoms with Gasteiger partial charge in [0.2, 0.25) is 5.91 Å². The first kappa shape index (κ1) is 17.8. The number of rotatable bonds is 4. The van der Waals surface area contributed by atoms with E-state index in [1.165, 1.54) is 0 Å². The molecule has 2 aromatic rings. The van der Waals surface area contributed by atoms with Crippen molar-refractivity contribution in [3.05, 3.63) is 52.6 Å². The maximum atomic E-state index is 12.8. The molecule has 1 aromatic carbocycles. The lowest BCUT2D eigenvalue weighted by Crippen LogP contribution is -2.36. The minimum Gasteiger partial charge on any atom is -0.349 e. The van der Waals surface area contributed by atoms with Gasteiger partial charge in [0.15, 0.2) is 0 Å². The van der Waals surface area contributed by atoms with Gasteiger partial charge in [-0.05, 0) is 31.9 Å². The molecule has 0 spiro atoms. The second-order valence-electron chi connectivity index (χ2n) is 7.67. The molecule has 1 saturated carbocycles. The summed E-state index contributed by atoms with van der Waals surface area (Å²) in [7, 11) is 1.97. The molecule has 142 valence electrons. The summed E-state index contributed by atoms with van der Waals surface area (Å²) >= 11 is 0. The van der Waals surface area contributed by atoms with E-state index in [0.717, 1.165) is 54.0 Å². The van der Waals surface area contributed by atoms with Crippen molar-refractivity contribution in [1.82, 2.24) is 19.8 Å². The van der Waals surface area contributed by atoms with Crippen molar-refractivity contribution in [2.75, 3.05) is 6.54 Å². The zero-order valence-electron chi connectivity index (χ0n) is 16.0. The number of nitrogens with one attached hydrogen (secondary N) is 1. The molecule has 1 N–H and O–H groups in total.